The Kier molecular flexibility index (Phi) is 1.41. The lowest BCUT2D eigenvalue weighted by Crippen LogP contribution is -2.31. The van der Waals surface area contributed by atoms with Crippen LogP contribution < -0.4 is 5.32 Å². The van der Waals surface area contributed by atoms with Gasteiger partial charge in [0.25, 0.3) is 0 Å². The van der Waals surface area contributed by atoms with E-state index in [0.29, 0.717) is 13.2 Å². The number of morpholine rings is 1. The highest BCUT2D eigenvalue weighted by Gasteiger charge is 2.66. The van der Waals surface area contributed by atoms with Crippen LogP contribution in [0.3, 0.4) is 0 Å². The molecule has 1 saturated heterocycles. The first-order valence-corrected chi connectivity index (χ1v) is 3.52. The predicted octanol–water partition coefficient (Wildman–Crippen LogP) is 0.535. The quantitative estimate of drug-likeness (QED) is 0.568. The van der Waals surface area contributed by atoms with Gasteiger partial charge in [0.1, 0.15) is 5.92 Å². The van der Waals surface area contributed by atoms with Crippen molar-refractivity contribution in [2.45, 2.75) is 18.3 Å². The largest absolute Gasteiger partial charge is 0.395 e. The van der Waals surface area contributed by atoms with E-state index in [1.54, 1.807) is 0 Å². The van der Waals surface area contributed by atoms with Crippen molar-refractivity contribution in [1.29, 1.82) is 0 Å². The molecule has 1 saturated carbocycles. The van der Waals surface area contributed by atoms with Gasteiger partial charge in [0.05, 0.1) is 12.7 Å². The molecule has 0 aromatic heterocycles. The van der Waals surface area contributed by atoms with E-state index in [9.17, 15) is 13.2 Å². The third kappa shape index (κ3) is 1.12. The molecule has 1 N–H and O–H groups in total. The highest BCUT2D eigenvalue weighted by molar-refractivity contribution is 5.10. The summed E-state index contributed by atoms with van der Waals surface area (Å²) >= 11 is 0. The smallest absolute Gasteiger partial charge is 0.375 e. The maximum atomic E-state index is 12.0. The van der Waals surface area contributed by atoms with Crippen molar-refractivity contribution >= 4 is 0 Å². The highest BCUT2D eigenvalue weighted by atomic mass is 19.4. The normalized spacial score (nSPS) is 43.4. The number of nitrogens with one attached hydrogen (secondary N) is 1. The van der Waals surface area contributed by atoms with Gasteiger partial charge in [-0.15, -0.1) is 0 Å². The second-order valence-electron chi connectivity index (χ2n) is 2.88. The monoisotopic (exact) mass is 167 g/mol. The Bertz CT molecular complexity index is 158. The van der Waals surface area contributed by atoms with Crippen LogP contribution in [-0.4, -0.2) is 31.5 Å². The maximum Gasteiger partial charge on any atom is 0.395 e. The Balaban J connectivity index is 2.00. The lowest BCUT2D eigenvalue weighted by molar-refractivity contribution is -0.156. The lowest BCUT2D eigenvalue weighted by Gasteiger charge is -2.09. The van der Waals surface area contributed by atoms with Crippen LogP contribution in [0.15, 0.2) is 0 Å². The average molecular weight is 167 g/mol. The van der Waals surface area contributed by atoms with E-state index in [2.05, 4.69) is 5.32 Å². The van der Waals surface area contributed by atoms with Crippen molar-refractivity contribution in [3.8, 4) is 0 Å². The van der Waals surface area contributed by atoms with E-state index in [-0.39, 0.29) is 0 Å². The minimum Gasteiger partial charge on any atom is -0.375 e. The SMILES string of the molecule is FC(F)(F)[C@@H]1[C@@H]2NCCO[C@H]21. The van der Waals surface area contributed by atoms with Gasteiger partial charge in [0, 0.05) is 12.6 Å². The van der Waals surface area contributed by atoms with Gasteiger partial charge in [0.15, 0.2) is 0 Å². The number of hydrogen-bond acceptors (Lipinski definition) is 2. The van der Waals surface area contributed by atoms with Crippen LogP contribution in [-0.2, 0) is 4.74 Å². The predicted molar refractivity (Wildman–Crippen MR) is 31.1 cm³/mol. The number of hydrogen-bond donors (Lipinski definition) is 1. The summed E-state index contributed by atoms with van der Waals surface area (Å²) in [5.41, 5.74) is 0. The fourth-order valence-corrected chi connectivity index (χ4v) is 1.54. The summed E-state index contributed by atoms with van der Waals surface area (Å²) < 4.78 is 41.0. The molecule has 0 radical (unpaired) electrons. The number of fused-ring (bicyclic) bond motifs is 1. The Hall–Kier alpha value is -0.290. The fourth-order valence-electron chi connectivity index (χ4n) is 1.54. The minimum absolute atomic E-state index is 0.397. The van der Waals surface area contributed by atoms with Crippen molar-refractivity contribution in [2.24, 2.45) is 5.92 Å². The lowest BCUT2D eigenvalue weighted by atomic mass is 10.4. The van der Waals surface area contributed by atoms with Crippen molar-refractivity contribution < 1.29 is 17.9 Å². The van der Waals surface area contributed by atoms with Crippen LogP contribution in [0.5, 0.6) is 0 Å². The second-order valence-corrected chi connectivity index (χ2v) is 2.88. The molecule has 0 amide bonds. The van der Waals surface area contributed by atoms with Crippen LogP contribution in [0.2, 0.25) is 0 Å². The summed E-state index contributed by atoms with van der Waals surface area (Å²) in [7, 11) is 0. The first-order valence-electron chi connectivity index (χ1n) is 3.52. The molecule has 5 heteroatoms. The standard InChI is InChI=1S/C6H8F3NO/c7-6(8,9)3-4-5(3)11-2-1-10-4/h3-5,10H,1-2H2/t3-,4+,5+/m1/s1. The number of halogens is 3. The van der Waals surface area contributed by atoms with Gasteiger partial charge >= 0.3 is 6.18 Å². The van der Waals surface area contributed by atoms with E-state index in [1.165, 1.54) is 0 Å². The second kappa shape index (κ2) is 2.10. The van der Waals surface area contributed by atoms with Gasteiger partial charge in [-0.05, 0) is 0 Å². The summed E-state index contributed by atoms with van der Waals surface area (Å²) in [6.07, 6.45) is -4.70. The molecule has 0 aromatic rings. The Morgan fingerprint density at radius 3 is 2.55 bits per heavy atom. The summed E-state index contributed by atoms with van der Waals surface area (Å²) in [5, 5.41) is 2.77. The number of alkyl halides is 3. The number of rotatable bonds is 0. The van der Waals surface area contributed by atoms with Crippen molar-refractivity contribution in [3.05, 3.63) is 0 Å². The van der Waals surface area contributed by atoms with Gasteiger partial charge in [0.2, 0.25) is 0 Å². The molecule has 64 valence electrons. The van der Waals surface area contributed by atoms with E-state index < -0.39 is 24.2 Å². The molecule has 2 rings (SSSR count). The van der Waals surface area contributed by atoms with E-state index in [1.807, 2.05) is 0 Å². The third-order valence-electron chi connectivity index (χ3n) is 2.12. The number of ether oxygens (including phenoxy) is 1. The Morgan fingerprint density at radius 1 is 1.36 bits per heavy atom. The summed E-state index contributed by atoms with van der Waals surface area (Å²) in [5.74, 6) is -1.26. The molecule has 0 spiro atoms. The first-order chi connectivity index (χ1) is 5.11. The van der Waals surface area contributed by atoms with Crippen LogP contribution in [0, 0.1) is 5.92 Å². The molecule has 0 bridgehead atoms. The van der Waals surface area contributed by atoms with Crippen LogP contribution >= 0.6 is 0 Å². The zero-order chi connectivity index (χ0) is 8.06. The molecule has 2 nitrogen and oxygen atoms in total. The molecule has 0 aromatic carbocycles. The zero-order valence-corrected chi connectivity index (χ0v) is 5.69. The Labute approximate surface area is 61.7 Å². The van der Waals surface area contributed by atoms with Crippen molar-refractivity contribution in [2.75, 3.05) is 13.2 Å². The molecule has 1 aliphatic heterocycles. The molecule has 1 aliphatic carbocycles. The van der Waals surface area contributed by atoms with E-state index in [0.717, 1.165) is 0 Å². The molecular formula is C6H8F3NO. The minimum atomic E-state index is -4.09. The average Bonchev–Trinajstić information content (AvgIpc) is 2.58. The fraction of sp³-hybridized carbons (Fsp3) is 1.00. The van der Waals surface area contributed by atoms with Crippen molar-refractivity contribution in [3.63, 3.8) is 0 Å². The van der Waals surface area contributed by atoms with Gasteiger partial charge in [-0.2, -0.15) is 13.2 Å². The molecule has 11 heavy (non-hydrogen) atoms. The van der Waals surface area contributed by atoms with Gasteiger partial charge in [-0.1, -0.05) is 0 Å². The first kappa shape index (κ1) is 7.36. The zero-order valence-electron chi connectivity index (χ0n) is 5.69. The molecule has 1 heterocycles. The van der Waals surface area contributed by atoms with Gasteiger partial charge < -0.3 is 10.1 Å². The molecule has 3 atom stereocenters. The van der Waals surface area contributed by atoms with Crippen LogP contribution in [0.25, 0.3) is 0 Å². The molecule has 0 unspecified atom stereocenters. The summed E-state index contributed by atoms with van der Waals surface area (Å²) in [6.45, 7) is 0.932. The van der Waals surface area contributed by atoms with Crippen LogP contribution in [0.1, 0.15) is 0 Å². The van der Waals surface area contributed by atoms with E-state index in [4.69, 9.17) is 4.74 Å². The molecule has 2 fully saturated rings. The summed E-state index contributed by atoms with van der Waals surface area (Å²) in [4.78, 5) is 0. The third-order valence-corrected chi connectivity index (χ3v) is 2.12. The van der Waals surface area contributed by atoms with Gasteiger partial charge in [-0.25, -0.2) is 0 Å². The van der Waals surface area contributed by atoms with Crippen LogP contribution in [0.4, 0.5) is 13.2 Å². The summed E-state index contributed by atoms with van der Waals surface area (Å²) in [6, 6.07) is -0.469. The van der Waals surface area contributed by atoms with Gasteiger partial charge in [-0.3, -0.25) is 0 Å². The highest BCUT2D eigenvalue weighted by Crippen LogP contribution is 2.47. The van der Waals surface area contributed by atoms with Crippen molar-refractivity contribution in [1.82, 2.24) is 5.32 Å². The maximum absolute atomic E-state index is 12.0. The Morgan fingerprint density at radius 2 is 2.09 bits per heavy atom. The molecule has 2 aliphatic rings. The van der Waals surface area contributed by atoms with E-state index >= 15 is 0 Å². The molecular weight excluding hydrogens is 159 g/mol. The topological polar surface area (TPSA) is 21.3 Å².